The minimum absolute atomic E-state index is 0.0625. The number of rotatable bonds is 8. The molecule has 0 saturated carbocycles. The summed E-state index contributed by atoms with van der Waals surface area (Å²) in [5.74, 6) is -0.257. The number of aryl methyl sites for hydroxylation is 1. The summed E-state index contributed by atoms with van der Waals surface area (Å²) < 4.78 is 5.77. The van der Waals surface area contributed by atoms with Crippen LogP contribution in [0, 0.1) is 5.92 Å². The van der Waals surface area contributed by atoms with E-state index < -0.39 is 5.92 Å². The lowest BCUT2D eigenvalue weighted by atomic mass is 10.1. The first kappa shape index (κ1) is 23.9. The number of hydrogen-bond donors (Lipinski definition) is 2. The number of carbonyl (C=O) groups is 2. The fourth-order valence-electron chi connectivity index (χ4n) is 3.75. The highest BCUT2D eigenvalue weighted by Gasteiger charge is 2.35. The number of nitrogens with one attached hydrogen (secondary N) is 2. The molecule has 2 amide bonds. The van der Waals surface area contributed by atoms with E-state index in [1.807, 2.05) is 42.5 Å². The summed E-state index contributed by atoms with van der Waals surface area (Å²) in [6, 6.07) is 20.4. The van der Waals surface area contributed by atoms with E-state index in [0.29, 0.717) is 28.0 Å². The first-order valence-corrected chi connectivity index (χ1v) is 11.8. The highest BCUT2D eigenvalue weighted by molar-refractivity contribution is 6.32. The van der Waals surface area contributed by atoms with Gasteiger partial charge in [-0.25, -0.2) is 0 Å². The van der Waals surface area contributed by atoms with Crippen molar-refractivity contribution < 1.29 is 14.3 Å². The van der Waals surface area contributed by atoms with Crippen molar-refractivity contribution in [1.82, 2.24) is 5.43 Å². The summed E-state index contributed by atoms with van der Waals surface area (Å²) in [4.78, 5) is 26.8. The molecule has 34 heavy (non-hydrogen) atoms. The van der Waals surface area contributed by atoms with Crippen LogP contribution in [-0.4, -0.2) is 18.4 Å². The molecule has 176 valence electrons. The van der Waals surface area contributed by atoms with Gasteiger partial charge in [-0.2, -0.15) is 0 Å². The lowest BCUT2D eigenvalue weighted by Crippen LogP contribution is -2.36. The van der Waals surface area contributed by atoms with Gasteiger partial charge in [-0.3, -0.25) is 20.4 Å². The summed E-state index contributed by atoms with van der Waals surface area (Å²) in [5, 5.41) is 1.02. The maximum Gasteiger partial charge on any atom is 0.243 e. The third-order valence-corrected chi connectivity index (χ3v) is 6.42. The van der Waals surface area contributed by atoms with Gasteiger partial charge in [0.15, 0.2) is 0 Å². The van der Waals surface area contributed by atoms with Crippen LogP contribution in [0.2, 0.25) is 10.0 Å². The van der Waals surface area contributed by atoms with Gasteiger partial charge in [0.05, 0.1) is 16.6 Å². The Hall–Kier alpha value is -3.22. The van der Waals surface area contributed by atoms with E-state index in [4.69, 9.17) is 27.9 Å². The number of halogens is 2. The van der Waals surface area contributed by atoms with E-state index in [2.05, 4.69) is 17.8 Å². The summed E-state index contributed by atoms with van der Waals surface area (Å²) in [5.41, 5.74) is 9.01. The molecule has 1 aliphatic heterocycles. The fraction of sp³-hybridized carbons (Fsp3) is 0.231. The number of amides is 2. The molecule has 1 heterocycles. The van der Waals surface area contributed by atoms with Crippen LogP contribution in [0.5, 0.6) is 5.75 Å². The molecule has 6 nitrogen and oxygen atoms in total. The third kappa shape index (κ3) is 5.64. The fourth-order valence-corrected chi connectivity index (χ4v) is 4.17. The molecule has 1 aliphatic rings. The van der Waals surface area contributed by atoms with Crippen molar-refractivity contribution >= 4 is 46.4 Å². The van der Waals surface area contributed by atoms with Gasteiger partial charge in [0.25, 0.3) is 0 Å². The Kier molecular flexibility index (Phi) is 7.60. The number of anilines is 2. The lowest BCUT2D eigenvalue weighted by Gasteiger charge is -2.17. The number of hydrogen-bond acceptors (Lipinski definition) is 4. The van der Waals surface area contributed by atoms with Crippen LogP contribution in [0.15, 0.2) is 66.7 Å². The minimum Gasteiger partial charge on any atom is -0.487 e. The predicted molar refractivity (Wildman–Crippen MR) is 135 cm³/mol. The van der Waals surface area contributed by atoms with Crippen molar-refractivity contribution in [3.05, 3.63) is 87.9 Å². The second kappa shape index (κ2) is 10.8. The van der Waals surface area contributed by atoms with Crippen molar-refractivity contribution in [3.63, 3.8) is 0 Å². The first-order valence-electron chi connectivity index (χ1n) is 11.1. The smallest absolute Gasteiger partial charge is 0.243 e. The van der Waals surface area contributed by atoms with Crippen LogP contribution in [0.25, 0.3) is 0 Å². The molecular weight excluding hydrogens is 473 g/mol. The number of carbonyl (C=O) groups excluding carboxylic acids is 2. The van der Waals surface area contributed by atoms with Crippen LogP contribution >= 0.6 is 23.2 Å². The normalized spacial score (nSPS) is 15.3. The van der Waals surface area contributed by atoms with Gasteiger partial charge < -0.3 is 9.64 Å². The molecule has 4 rings (SSSR count). The van der Waals surface area contributed by atoms with Crippen molar-refractivity contribution in [2.24, 2.45) is 5.92 Å². The molecule has 8 heteroatoms. The van der Waals surface area contributed by atoms with Gasteiger partial charge in [-0.1, -0.05) is 60.5 Å². The zero-order chi connectivity index (χ0) is 24.1. The molecule has 1 saturated heterocycles. The predicted octanol–water partition coefficient (Wildman–Crippen LogP) is 5.63. The SMILES string of the molecule is CCc1ccc(N2C[C@H](C(=O)NNc3ccc(OCc4ccccc4Cl)c(Cl)c3)CC2=O)cc1. The monoisotopic (exact) mass is 497 g/mol. The molecule has 3 aromatic carbocycles. The summed E-state index contributed by atoms with van der Waals surface area (Å²) in [6.07, 6.45) is 1.10. The summed E-state index contributed by atoms with van der Waals surface area (Å²) in [6.45, 7) is 2.71. The molecule has 0 aromatic heterocycles. The molecule has 0 radical (unpaired) electrons. The van der Waals surface area contributed by atoms with Crippen LogP contribution in [0.4, 0.5) is 11.4 Å². The Bertz CT molecular complexity index is 1180. The van der Waals surface area contributed by atoms with Gasteiger partial charge in [0.1, 0.15) is 12.4 Å². The molecule has 1 fully saturated rings. The Morgan fingerprint density at radius 2 is 1.82 bits per heavy atom. The van der Waals surface area contributed by atoms with Gasteiger partial charge in [0, 0.05) is 29.2 Å². The molecule has 2 N–H and O–H groups in total. The second-order valence-electron chi connectivity index (χ2n) is 8.06. The van der Waals surface area contributed by atoms with Crippen LogP contribution in [0.3, 0.4) is 0 Å². The standard InChI is InChI=1S/C26H25Cl2N3O3/c1-2-17-7-10-21(11-8-17)31-15-19(13-25(31)32)26(33)30-29-20-9-12-24(23(28)14-20)34-16-18-5-3-4-6-22(18)27/h3-12,14,19,29H,2,13,15-16H2,1H3,(H,30,33)/t19-/m1/s1. The maximum atomic E-state index is 12.7. The van der Waals surface area contributed by atoms with E-state index in [-0.39, 0.29) is 24.8 Å². The average Bonchev–Trinajstić information content (AvgIpc) is 3.24. The number of nitrogens with zero attached hydrogens (tertiary/aromatic N) is 1. The quantitative estimate of drug-likeness (QED) is 0.395. The molecule has 3 aromatic rings. The van der Waals surface area contributed by atoms with Crippen molar-refractivity contribution in [3.8, 4) is 5.75 Å². The van der Waals surface area contributed by atoms with E-state index in [9.17, 15) is 9.59 Å². The van der Waals surface area contributed by atoms with Crippen LogP contribution < -0.4 is 20.5 Å². The number of hydrazine groups is 1. The van der Waals surface area contributed by atoms with E-state index in [0.717, 1.165) is 17.7 Å². The van der Waals surface area contributed by atoms with E-state index in [1.54, 1.807) is 29.2 Å². The molecule has 0 spiro atoms. The van der Waals surface area contributed by atoms with Gasteiger partial charge in [0.2, 0.25) is 11.8 Å². The first-order chi connectivity index (χ1) is 16.4. The molecule has 0 bridgehead atoms. The van der Waals surface area contributed by atoms with E-state index in [1.165, 1.54) is 5.56 Å². The molecule has 1 atom stereocenters. The van der Waals surface area contributed by atoms with Crippen molar-refractivity contribution in [2.75, 3.05) is 16.9 Å². The Balaban J connectivity index is 1.30. The average molecular weight is 498 g/mol. The summed E-state index contributed by atoms with van der Waals surface area (Å²) >= 11 is 12.5. The zero-order valence-electron chi connectivity index (χ0n) is 18.7. The summed E-state index contributed by atoms with van der Waals surface area (Å²) in [7, 11) is 0. The maximum absolute atomic E-state index is 12.7. The number of ether oxygens (including phenoxy) is 1. The third-order valence-electron chi connectivity index (χ3n) is 5.76. The highest BCUT2D eigenvalue weighted by Crippen LogP contribution is 2.29. The van der Waals surface area contributed by atoms with Gasteiger partial charge in [-0.05, 0) is 48.4 Å². The van der Waals surface area contributed by atoms with Gasteiger partial charge >= 0.3 is 0 Å². The zero-order valence-corrected chi connectivity index (χ0v) is 20.2. The van der Waals surface area contributed by atoms with Crippen molar-refractivity contribution in [2.45, 2.75) is 26.4 Å². The Morgan fingerprint density at radius 1 is 1.06 bits per heavy atom. The molecule has 0 aliphatic carbocycles. The van der Waals surface area contributed by atoms with E-state index >= 15 is 0 Å². The highest BCUT2D eigenvalue weighted by atomic mass is 35.5. The molecule has 0 unspecified atom stereocenters. The topological polar surface area (TPSA) is 70.7 Å². The van der Waals surface area contributed by atoms with Crippen LogP contribution in [0.1, 0.15) is 24.5 Å². The lowest BCUT2D eigenvalue weighted by molar-refractivity contribution is -0.125. The number of benzene rings is 3. The van der Waals surface area contributed by atoms with Crippen LogP contribution in [-0.2, 0) is 22.6 Å². The Morgan fingerprint density at radius 3 is 2.53 bits per heavy atom. The minimum atomic E-state index is -0.445. The Labute approximate surface area is 208 Å². The largest absolute Gasteiger partial charge is 0.487 e. The van der Waals surface area contributed by atoms with Gasteiger partial charge in [-0.15, -0.1) is 0 Å². The molecular formula is C26H25Cl2N3O3. The second-order valence-corrected chi connectivity index (χ2v) is 8.88. The van der Waals surface area contributed by atoms with Crippen molar-refractivity contribution in [1.29, 1.82) is 0 Å².